The van der Waals surface area contributed by atoms with E-state index in [-0.39, 0.29) is 22.6 Å². The van der Waals surface area contributed by atoms with Gasteiger partial charge in [-0.05, 0) is 30.7 Å². The number of hydrogen-bond donors (Lipinski definition) is 2. The number of para-hydroxylation sites is 1. The summed E-state index contributed by atoms with van der Waals surface area (Å²) in [5.41, 5.74) is -0.163. The lowest BCUT2D eigenvalue weighted by Gasteiger charge is -2.09. The second kappa shape index (κ2) is 11.3. The van der Waals surface area contributed by atoms with Gasteiger partial charge >= 0.3 is 11.6 Å². The molecule has 1 aromatic heterocycles. The minimum atomic E-state index is -0.788. The molecule has 0 radical (unpaired) electrons. The lowest BCUT2D eigenvalue weighted by molar-refractivity contribution is 0.0497. The van der Waals surface area contributed by atoms with Gasteiger partial charge in [-0.2, -0.15) is 0 Å². The maximum atomic E-state index is 12.3. The molecule has 0 bridgehead atoms. The summed E-state index contributed by atoms with van der Waals surface area (Å²) in [7, 11) is 0. The quantitative estimate of drug-likeness (QED) is 0.171. The molecule has 2 aromatic carbocycles. The SMILES string of the molecule is CCCCCCCCCOC(=O)c1ccc(C(=N)c2c(O)c3ccccc3oc2=O)cc1. The average molecular weight is 436 g/mol. The molecule has 0 unspecified atom stereocenters. The number of hydrogen-bond acceptors (Lipinski definition) is 6. The van der Waals surface area contributed by atoms with E-state index in [1.54, 1.807) is 48.5 Å². The Morgan fingerprint density at radius 2 is 1.56 bits per heavy atom. The number of unbranched alkanes of at least 4 members (excludes halogenated alkanes) is 6. The highest BCUT2D eigenvalue weighted by Crippen LogP contribution is 2.27. The zero-order chi connectivity index (χ0) is 22.9. The van der Waals surface area contributed by atoms with Crippen molar-refractivity contribution in [3.05, 3.63) is 75.6 Å². The predicted octanol–water partition coefficient (Wildman–Crippen LogP) is 5.82. The summed E-state index contributed by atoms with van der Waals surface area (Å²) in [6.07, 6.45) is 8.03. The molecule has 0 atom stereocenters. The van der Waals surface area contributed by atoms with Crippen LogP contribution in [-0.4, -0.2) is 23.4 Å². The van der Waals surface area contributed by atoms with Gasteiger partial charge in [-0.3, -0.25) is 5.41 Å². The zero-order valence-electron chi connectivity index (χ0n) is 18.4. The van der Waals surface area contributed by atoms with Crippen LogP contribution in [0.1, 0.15) is 73.4 Å². The zero-order valence-corrected chi connectivity index (χ0v) is 18.4. The van der Waals surface area contributed by atoms with Crippen molar-refractivity contribution >= 4 is 22.7 Å². The average Bonchev–Trinajstić information content (AvgIpc) is 2.80. The molecule has 6 heteroatoms. The molecule has 0 amide bonds. The summed E-state index contributed by atoms with van der Waals surface area (Å²) in [6.45, 7) is 2.58. The fourth-order valence-corrected chi connectivity index (χ4v) is 3.58. The third-order valence-electron chi connectivity index (χ3n) is 5.43. The van der Waals surface area contributed by atoms with Gasteiger partial charge in [0.1, 0.15) is 16.9 Å². The maximum Gasteiger partial charge on any atom is 0.349 e. The van der Waals surface area contributed by atoms with E-state index in [2.05, 4.69) is 6.92 Å². The van der Waals surface area contributed by atoms with Crippen molar-refractivity contribution in [3.8, 4) is 5.75 Å². The van der Waals surface area contributed by atoms with E-state index in [1.807, 2.05) is 0 Å². The topological polar surface area (TPSA) is 101 Å². The summed E-state index contributed by atoms with van der Waals surface area (Å²) in [4.78, 5) is 24.6. The van der Waals surface area contributed by atoms with Crippen LogP contribution in [0.25, 0.3) is 11.0 Å². The maximum absolute atomic E-state index is 12.3. The van der Waals surface area contributed by atoms with Gasteiger partial charge in [-0.15, -0.1) is 0 Å². The highest BCUT2D eigenvalue weighted by Gasteiger charge is 2.19. The van der Waals surface area contributed by atoms with Crippen LogP contribution in [0.3, 0.4) is 0 Å². The number of carbonyl (C=O) groups is 1. The van der Waals surface area contributed by atoms with Crippen molar-refractivity contribution in [1.82, 2.24) is 0 Å². The number of benzene rings is 2. The van der Waals surface area contributed by atoms with Crippen molar-refractivity contribution < 1.29 is 19.1 Å². The minimum absolute atomic E-state index is 0.176. The van der Waals surface area contributed by atoms with Crippen LogP contribution in [-0.2, 0) is 4.74 Å². The Hall–Kier alpha value is -3.41. The van der Waals surface area contributed by atoms with Crippen molar-refractivity contribution in [2.45, 2.75) is 51.9 Å². The number of fused-ring (bicyclic) bond motifs is 1. The van der Waals surface area contributed by atoms with Gasteiger partial charge in [0.05, 0.1) is 23.3 Å². The Balaban J connectivity index is 1.60. The van der Waals surface area contributed by atoms with Crippen molar-refractivity contribution in [2.75, 3.05) is 6.61 Å². The summed E-state index contributed by atoms with van der Waals surface area (Å²) in [5.74, 6) is -0.706. The molecule has 6 nitrogen and oxygen atoms in total. The van der Waals surface area contributed by atoms with Crippen LogP contribution in [0, 0.1) is 5.41 Å². The molecule has 0 aliphatic rings. The molecule has 0 fully saturated rings. The molecule has 0 saturated heterocycles. The van der Waals surface area contributed by atoms with E-state index in [4.69, 9.17) is 14.6 Å². The van der Waals surface area contributed by atoms with Crippen LogP contribution in [0.5, 0.6) is 5.75 Å². The van der Waals surface area contributed by atoms with E-state index in [0.717, 1.165) is 19.3 Å². The molecular weight excluding hydrogens is 406 g/mol. The Labute approximate surface area is 187 Å². The molecule has 168 valence electrons. The molecule has 0 spiro atoms. The van der Waals surface area contributed by atoms with E-state index in [0.29, 0.717) is 23.1 Å². The third kappa shape index (κ3) is 5.63. The summed E-state index contributed by atoms with van der Waals surface area (Å²) in [5, 5.41) is 19.3. The smallest absolute Gasteiger partial charge is 0.349 e. The van der Waals surface area contributed by atoms with Crippen LogP contribution in [0.15, 0.2) is 57.7 Å². The molecule has 0 aliphatic heterocycles. The monoisotopic (exact) mass is 435 g/mol. The van der Waals surface area contributed by atoms with E-state index < -0.39 is 11.6 Å². The summed E-state index contributed by atoms with van der Waals surface area (Å²) in [6, 6.07) is 12.8. The summed E-state index contributed by atoms with van der Waals surface area (Å²) >= 11 is 0. The lowest BCUT2D eigenvalue weighted by Crippen LogP contribution is -2.15. The van der Waals surface area contributed by atoms with E-state index >= 15 is 0 Å². The molecule has 3 rings (SSSR count). The highest BCUT2D eigenvalue weighted by atomic mass is 16.5. The van der Waals surface area contributed by atoms with Gasteiger partial charge < -0.3 is 14.3 Å². The number of ether oxygens (including phenoxy) is 1. The molecule has 1 heterocycles. The van der Waals surface area contributed by atoms with Crippen LogP contribution in [0.4, 0.5) is 0 Å². The molecule has 32 heavy (non-hydrogen) atoms. The van der Waals surface area contributed by atoms with E-state index in [9.17, 15) is 14.7 Å². The fraction of sp³-hybridized carbons (Fsp3) is 0.346. The Kier molecular flexibility index (Phi) is 8.20. The molecule has 0 aliphatic carbocycles. The number of aromatic hydroxyl groups is 1. The van der Waals surface area contributed by atoms with Crippen molar-refractivity contribution in [2.24, 2.45) is 0 Å². The van der Waals surface area contributed by atoms with Gasteiger partial charge in [0.25, 0.3) is 0 Å². The summed E-state index contributed by atoms with van der Waals surface area (Å²) < 4.78 is 10.6. The fourth-order valence-electron chi connectivity index (χ4n) is 3.58. The molecule has 3 aromatic rings. The van der Waals surface area contributed by atoms with Gasteiger partial charge in [-0.25, -0.2) is 9.59 Å². The molecular formula is C26H29NO5. The Bertz CT molecular complexity index is 1130. The van der Waals surface area contributed by atoms with Gasteiger partial charge in [0.15, 0.2) is 0 Å². The molecule has 2 N–H and O–H groups in total. The van der Waals surface area contributed by atoms with Crippen molar-refractivity contribution in [3.63, 3.8) is 0 Å². The largest absolute Gasteiger partial charge is 0.506 e. The standard InChI is InChI=1S/C26H29NO5/c1-2-3-4-5-6-7-10-17-31-25(29)19-15-13-18(14-16-19)23(27)22-24(28)20-11-8-9-12-21(20)32-26(22)30/h8-9,11-16,27-28H,2-7,10,17H2,1H3. The number of carbonyl (C=O) groups excluding carboxylic acids is 1. The lowest BCUT2D eigenvalue weighted by atomic mass is 10.0. The van der Waals surface area contributed by atoms with Crippen LogP contribution >= 0.6 is 0 Å². The first-order valence-electron chi connectivity index (χ1n) is 11.1. The van der Waals surface area contributed by atoms with Crippen LogP contribution < -0.4 is 5.63 Å². The Morgan fingerprint density at radius 1 is 0.938 bits per heavy atom. The first kappa shape index (κ1) is 23.3. The third-order valence-corrected chi connectivity index (χ3v) is 5.43. The number of rotatable bonds is 11. The van der Waals surface area contributed by atoms with Gasteiger partial charge in [0.2, 0.25) is 0 Å². The normalized spacial score (nSPS) is 10.9. The second-order valence-electron chi connectivity index (χ2n) is 7.82. The van der Waals surface area contributed by atoms with Gasteiger partial charge in [-0.1, -0.05) is 69.7 Å². The van der Waals surface area contributed by atoms with Crippen molar-refractivity contribution in [1.29, 1.82) is 5.41 Å². The first-order chi connectivity index (χ1) is 15.5. The highest BCUT2D eigenvalue weighted by molar-refractivity contribution is 6.14. The van der Waals surface area contributed by atoms with Crippen LogP contribution in [0.2, 0.25) is 0 Å². The van der Waals surface area contributed by atoms with E-state index in [1.165, 1.54) is 25.7 Å². The number of nitrogens with one attached hydrogen (secondary N) is 1. The van der Waals surface area contributed by atoms with Gasteiger partial charge in [0, 0.05) is 5.56 Å². The number of esters is 1. The predicted molar refractivity (Wildman–Crippen MR) is 125 cm³/mol. The minimum Gasteiger partial charge on any atom is -0.506 e. The molecule has 0 saturated carbocycles. The second-order valence-corrected chi connectivity index (χ2v) is 7.82. The Morgan fingerprint density at radius 3 is 2.28 bits per heavy atom. The first-order valence-corrected chi connectivity index (χ1v) is 11.1.